The van der Waals surface area contributed by atoms with E-state index in [1.54, 1.807) is 0 Å². The molecular weight excluding hydrogens is 276 g/mol. The highest BCUT2D eigenvalue weighted by molar-refractivity contribution is 5.78. The largest absolute Gasteiger partial charge is 0.494 e. The minimum absolute atomic E-state index is 0.0767. The van der Waals surface area contributed by atoms with E-state index in [-0.39, 0.29) is 6.61 Å². The molecule has 22 heavy (non-hydrogen) atoms. The van der Waals surface area contributed by atoms with Crippen LogP contribution in [0.2, 0.25) is 0 Å². The molecule has 114 valence electrons. The zero-order chi connectivity index (χ0) is 15.4. The van der Waals surface area contributed by atoms with E-state index in [9.17, 15) is 5.11 Å². The van der Waals surface area contributed by atoms with Gasteiger partial charge in [-0.3, -0.25) is 0 Å². The van der Waals surface area contributed by atoms with Crippen LogP contribution in [0.4, 0.5) is 0 Å². The van der Waals surface area contributed by atoms with E-state index < -0.39 is 0 Å². The lowest BCUT2D eigenvalue weighted by molar-refractivity contribution is 0.267. The molecule has 0 saturated heterocycles. The zero-order valence-corrected chi connectivity index (χ0v) is 12.7. The lowest BCUT2D eigenvalue weighted by Gasteiger charge is -2.08. The van der Waals surface area contributed by atoms with Gasteiger partial charge in [0.15, 0.2) is 0 Å². The van der Waals surface area contributed by atoms with E-state index in [1.807, 2.05) is 41.0 Å². The van der Waals surface area contributed by atoms with E-state index in [1.165, 1.54) is 5.56 Å². The Kier molecular flexibility index (Phi) is 4.39. The molecule has 0 atom stereocenters. The lowest BCUT2D eigenvalue weighted by atomic mass is 10.2. The molecule has 0 unspecified atom stereocenters. The van der Waals surface area contributed by atoms with Gasteiger partial charge in [-0.05, 0) is 24.1 Å². The number of imidazole rings is 1. The van der Waals surface area contributed by atoms with Crippen LogP contribution in [0.25, 0.3) is 11.0 Å². The first-order valence-electron chi connectivity index (χ1n) is 7.58. The van der Waals surface area contributed by atoms with Crippen LogP contribution < -0.4 is 4.74 Å². The molecule has 0 aliphatic heterocycles. The van der Waals surface area contributed by atoms with E-state index >= 15 is 0 Å². The highest BCUT2D eigenvalue weighted by Gasteiger charge is 2.11. The third-order valence-corrected chi connectivity index (χ3v) is 3.60. The van der Waals surface area contributed by atoms with Crippen LogP contribution in [-0.4, -0.2) is 21.3 Å². The Morgan fingerprint density at radius 1 is 1.14 bits per heavy atom. The quantitative estimate of drug-likeness (QED) is 0.758. The first kappa shape index (κ1) is 14.6. The number of aliphatic hydroxyl groups excluding tert-OH is 1. The summed E-state index contributed by atoms with van der Waals surface area (Å²) in [6.45, 7) is 3.40. The summed E-state index contributed by atoms with van der Waals surface area (Å²) in [4.78, 5) is 4.53. The maximum absolute atomic E-state index is 9.59. The van der Waals surface area contributed by atoms with Gasteiger partial charge in [0.05, 0.1) is 17.6 Å². The second kappa shape index (κ2) is 6.62. The molecule has 0 fully saturated rings. The number of aromatic nitrogens is 2. The second-order valence-corrected chi connectivity index (χ2v) is 5.26. The van der Waals surface area contributed by atoms with Crippen molar-refractivity contribution in [1.82, 2.24) is 9.55 Å². The summed E-state index contributed by atoms with van der Waals surface area (Å²) in [5.74, 6) is 1.50. The molecular formula is C18H20N2O2. The molecule has 0 amide bonds. The Balaban J connectivity index is 1.97. The number of fused-ring (bicyclic) bond motifs is 1. The SMILES string of the molecule is CCCOc1ccc2c(c1)nc(CO)n2Cc1ccccc1. The van der Waals surface area contributed by atoms with Crippen molar-refractivity contribution in [3.8, 4) is 5.75 Å². The molecule has 4 nitrogen and oxygen atoms in total. The topological polar surface area (TPSA) is 47.3 Å². The Bertz CT molecular complexity index is 750. The average molecular weight is 296 g/mol. The summed E-state index contributed by atoms with van der Waals surface area (Å²) in [6, 6.07) is 16.1. The normalized spacial score (nSPS) is 11.0. The molecule has 0 aliphatic carbocycles. The van der Waals surface area contributed by atoms with Crippen LogP contribution in [0.1, 0.15) is 24.7 Å². The van der Waals surface area contributed by atoms with Crippen molar-refractivity contribution in [2.24, 2.45) is 0 Å². The molecule has 1 N–H and O–H groups in total. The van der Waals surface area contributed by atoms with Gasteiger partial charge in [-0.1, -0.05) is 37.3 Å². The van der Waals surface area contributed by atoms with Gasteiger partial charge in [0.1, 0.15) is 18.2 Å². The van der Waals surface area contributed by atoms with Gasteiger partial charge in [-0.15, -0.1) is 0 Å². The molecule has 0 radical (unpaired) electrons. The number of aliphatic hydroxyl groups is 1. The lowest BCUT2D eigenvalue weighted by Crippen LogP contribution is -2.05. The summed E-state index contributed by atoms with van der Waals surface area (Å²) in [5, 5.41) is 9.59. The highest BCUT2D eigenvalue weighted by Crippen LogP contribution is 2.23. The first-order chi connectivity index (χ1) is 10.8. The van der Waals surface area contributed by atoms with Crippen LogP contribution >= 0.6 is 0 Å². The smallest absolute Gasteiger partial charge is 0.136 e. The number of benzene rings is 2. The Labute approximate surface area is 130 Å². The van der Waals surface area contributed by atoms with Gasteiger partial charge in [0, 0.05) is 12.6 Å². The van der Waals surface area contributed by atoms with Crippen LogP contribution in [0.15, 0.2) is 48.5 Å². The van der Waals surface area contributed by atoms with Gasteiger partial charge in [0.2, 0.25) is 0 Å². The fourth-order valence-corrected chi connectivity index (χ4v) is 2.53. The summed E-state index contributed by atoms with van der Waals surface area (Å²) >= 11 is 0. The number of rotatable bonds is 6. The fraction of sp³-hybridized carbons (Fsp3) is 0.278. The minimum Gasteiger partial charge on any atom is -0.494 e. The van der Waals surface area contributed by atoms with E-state index in [4.69, 9.17) is 4.74 Å². The predicted molar refractivity (Wildman–Crippen MR) is 87.0 cm³/mol. The predicted octanol–water partition coefficient (Wildman–Crippen LogP) is 3.37. The van der Waals surface area contributed by atoms with Gasteiger partial charge in [-0.25, -0.2) is 4.98 Å². The van der Waals surface area contributed by atoms with Crippen molar-refractivity contribution in [2.45, 2.75) is 26.5 Å². The van der Waals surface area contributed by atoms with Gasteiger partial charge < -0.3 is 14.4 Å². The first-order valence-corrected chi connectivity index (χ1v) is 7.58. The van der Waals surface area contributed by atoms with Gasteiger partial charge in [-0.2, -0.15) is 0 Å². The van der Waals surface area contributed by atoms with Crippen LogP contribution in [-0.2, 0) is 13.2 Å². The summed E-state index contributed by atoms with van der Waals surface area (Å²) < 4.78 is 7.70. The number of nitrogens with zero attached hydrogens (tertiary/aromatic N) is 2. The monoisotopic (exact) mass is 296 g/mol. The molecule has 2 aromatic carbocycles. The molecule has 0 saturated carbocycles. The van der Waals surface area contributed by atoms with E-state index in [2.05, 4.69) is 24.0 Å². The fourth-order valence-electron chi connectivity index (χ4n) is 2.53. The molecule has 0 bridgehead atoms. The molecule has 4 heteroatoms. The number of ether oxygens (including phenoxy) is 1. The average Bonchev–Trinajstić information content (AvgIpc) is 2.91. The van der Waals surface area contributed by atoms with E-state index in [0.29, 0.717) is 19.0 Å². The summed E-state index contributed by atoms with van der Waals surface area (Å²) in [5.41, 5.74) is 3.05. The minimum atomic E-state index is -0.0767. The summed E-state index contributed by atoms with van der Waals surface area (Å²) in [7, 11) is 0. The molecule has 3 aromatic rings. The molecule has 0 spiro atoms. The maximum Gasteiger partial charge on any atom is 0.136 e. The Morgan fingerprint density at radius 3 is 2.68 bits per heavy atom. The van der Waals surface area contributed by atoms with Crippen LogP contribution in [0.5, 0.6) is 5.75 Å². The third-order valence-electron chi connectivity index (χ3n) is 3.60. The van der Waals surface area contributed by atoms with Crippen molar-refractivity contribution >= 4 is 11.0 Å². The second-order valence-electron chi connectivity index (χ2n) is 5.26. The van der Waals surface area contributed by atoms with Gasteiger partial charge >= 0.3 is 0 Å². The third kappa shape index (κ3) is 2.97. The van der Waals surface area contributed by atoms with E-state index in [0.717, 1.165) is 23.2 Å². The highest BCUT2D eigenvalue weighted by atomic mass is 16.5. The van der Waals surface area contributed by atoms with Crippen molar-refractivity contribution in [2.75, 3.05) is 6.61 Å². The van der Waals surface area contributed by atoms with Crippen LogP contribution in [0.3, 0.4) is 0 Å². The Morgan fingerprint density at radius 2 is 1.95 bits per heavy atom. The number of hydrogen-bond donors (Lipinski definition) is 1. The summed E-state index contributed by atoms with van der Waals surface area (Å²) in [6.07, 6.45) is 0.975. The molecule has 1 heterocycles. The molecule has 1 aromatic heterocycles. The van der Waals surface area contributed by atoms with Crippen LogP contribution in [0, 0.1) is 0 Å². The zero-order valence-electron chi connectivity index (χ0n) is 12.7. The van der Waals surface area contributed by atoms with Crippen molar-refractivity contribution in [1.29, 1.82) is 0 Å². The van der Waals surface area contributed by atoms with Gasteiger partial charge in [0.25, 0.3) is 0 Å². The van der Waals surface area contributed by atoms with Crippen molar-refractivity contribution in [3.63, 3.8) is 0 Å². The molecule has 0 aliphatic rings. The van der Waals surface area contributed by atoms with Crippen molar-refractivity contribution in [3.05, 3.63) is 59.9 Å². The number of hydrogen-bond acceptors (Lipinski definition) is 3. The molecule has 3 rings (SSSR count). The standard InChI is InChI=1S/C18H20N2O2/c1-2-10-22-15-8-9-17-16(11-15)19-18(13-21)20(17)12-14-6-4-3-5-7-14/h3-9,11,21H,2,10,12-13H2,1H3. The maximum atomic E-state index is 9.59. The van der Waals surface area contributed by atoms with Crippen molar-refractivity contribution < 1.29 is 9.84 Å². The Hall–Kier alpha value is -2.33.